The van der Waals surface area contributed by atoms with E-state index in [1.54, 1.807) is 41.3 Å². The third-order valence-corrected chi connectivity index (χ3v) is 6.97. The Kier molecular flexibility index (Phi) is 9.55. The van der Waals surface area contributed by atoms with Crippen LogP contribution in [-0.4, -0.2) is 17.2 Å². The standard InChI is InChI=1S/C31H27F6NO2S/c1-2-21-8-5-11-24(16-21)40-25-12-7-10-23(18-25)38(19-22-9-6-13-26(17-22)41-31(35,36)37)20-29(39)27-14-3-4-15-28(27)30(32,33)34/h3-18,29,39H,2,19-20H2,1H3. The van der Waals surface area contributed by atoms with Crippen molar-refractivity contribution < 1.29 is 36.2 Å². The minimum Gasteiger partial charge on any atom is -0.457 e. The Morgan fingerprint density at radius 2 is 1.44 bits per heavy atom. The highest BCUT2D eigenvalue weighted by molar-refractivity contribution is 8.00. The van der Waals surface area contributed by atoms with Crippen LogP contribution in [0.4, 0.5) is 32.0 Å². The van der Waals surface area contributed by atoms with Gasteiger partial charge in [-0.05, 0) is 77.3 Å². The van der Waals surface area contributed by atoms with E-state index < -0.39 is 23.4 Å². The molecule has 0 radical (unpaired) electrons. The molecule has 0 aliphatic rings. The van der Waals surface area contributed by atoms with E-state index in [0.717, 1.165) is 18.1 Å². The molecule has 0 aliphatic carbocycles. The lowest BCUT2D eigenvalue weighted by molar-refractivity contribution is -0.139. The van der Waals surface area contributed by atoms with Gasteiger partial charge in [-0.15, -0.1) is 0 Å². The summed E-state index contributed by atoms with van der Waals surface area (Å²) in [5.74, 6) is 1.05. The second-order valence-corrected chi connectivity index (χ2v) is 10.4. The SMILES string of the molecule is CCc1cccc(Oc2cccc(N(Cc3cccc(SC(F)(F)F)c3)CC(O)c3ccccc3C(F)(F)F)c2)c1. The van der Waals surface area contributed by atoms with E-state index in [2.05, 4.69) is 0 Å². The fraction of sp³-hybridized carbons (Fsp3) is 0.226. The van der Waals surface area contributed by atoms with Gasteiger partial charge >= 0.3 is 11.7 Å². The Balaban J connectivity index is 1.67. The first kappa shape index (κ1) is 30.3. The molecule has 1 unspecified atom stereocenters. The first-order chi connectivity index (χ1) is 19.4. The van der Waals surface area contributed by atoms with Gasteiger partial charge in [0.05, 0.1) is 11.7 Å². The minimum absolute atomic E-state index is 0.0201. The number of alkyl halides is 6. The Morgan fingerprint density at radius 3 is 2.15 bits per heavy atom. The normalized spacial score (nSPS) is 12.7. The van der Waals surface area contributed by atoms with Gasteiger partial charge in [0.1, 0.15) is 11.5 Å². The predicted molar refractivity (Wildman–Crippen MR) is 148 cm³/mol. The molecular formula is C31H27F6NO2S. The van der Waals surface area contributed by atoms with Crippen LogP contribution in [0.5, 0.6) is 11.5 Å². The molecule has 10 heteroatoms. The molecule has 41 heavy (non-hydrogen) atoms. The smallest absolute Gasteiger partial charge is 0.446 e. The van der Waals surface area contributed by atoms with Crippen molar-refractivity contribution in [2.75, 3.05) is 11.4 Å². The molecule has 0 aliphatic heterocycles. The Labute approximate surface area is 238 Å². The lowest BCUT2D eigenvalue weighted by Gasteiger charge is -2.29. The molecule has 216 valence electrons. The molecule has 0 saturated heterocycles. The van der Waals surface area contributed by atoms with Crippen LogP contribution >= 0.6 is 11.8 Å². The number of benzene rings is 4. The topological polar surface area (TPSA) is 32.7 Å². The maximum atomic E-state index is 13.7. The summed E-state index contributed by atoms with van der Waals surface area (Å²) >= 11 is -0.253. The number of ether oxygens (including phenoxy) is 1. The summed E-state index contributed by atoms with van der Waals surface area (Å²) in [5, 5.41) is 11.0. The van der Waals surface area contributed by atoms with Gasteiger partial charge in [0, 0.05) is 29.7 Å². The van der Waals surface area contributed by atoms with Crippen LogP contribution in [-0.2, 0) is 19.1 Å². The van der Waals surface area contributed by atoms with Crippen LogP contribution in [0.25, 0.3) is 0 Å². The van der Waals surface area contributed by atoms with Gasteiger partial charge in [-0.25, -0.2) is 0 Å². The third kappa shape index (κ3) is 8.68. The maximum Gasteiger partial charge on any atom is 0.446 e. The average Bonchev–Trinajstić information content (AvgIpc) is 2.92. The van der Waals surface area contributed by atoms with Gasteiger partial charge in [-0.1, -0.05) is 55.5 Å². The van der Waals surface area contributed by atoms with E-state index in [1.165, 1.54) is 36.4 Å². The third-order valence-electron chi connectivity index (χ3n) is 6.25. The summed E-state index contributed by atoms with van der Waals surface area (Å²) in [6, 6.07) is 24.9. The van der Waals surface area contributed by atoms with Crippen molar-refractivity contribution in [1.82, 2.24) is 0 Å². The fourth-order valence-electron chi connectivity index (χ4n) is 4.38. The van der Waals surface area contributed by atoms with Crippen LogP contribution in [0.2, 0.25) is 0 Å². The molecule has 0 aromatic heterocycles. The van der Waals surface area contributed by atoms with Gasteiger partial charge in [-0.2, -0.15) is 26.3 Å². The van der Waals surface area contributed by atoms with Gasteiger partial charge in [0.2, 0.25) is 0 Å². The summed E-state index contributed by atoms with van der Waals surface area (Å²) in [4.78, 5) is 1.59. The van der Waals surface area contributed by atoms with E-state index in [-0.39, 0.29) is 35.3 Å². The van der Waals surface area contributed by atoms with Crippen molar-refractivity contribution in [1.29, 1.82) is 0 Å². The lowest BCUT2D eigenvalue weighted by atomic mass is 10.0. The second-order valence-electron chi connectivity index (χ2n) is 9.28. The molecule has 0 saturated carbocycles. The van der Waals surface area contributed by atoms with Crippen molar-refractivity contribution >= 4 is 17.4 Å². The largest absolute Gasteiger partial charge is 0.457 e. The monoisotopic (exact) mass is 591 g/mol. The highest BCUT2D eigenvalue weighted by atomic mass is 32.2. The Morgan fingerprint density at radius 1 is 0.780 bits per heavy atom. The van der Waals surface area contributed by atoms with Crippen molar-refractivity contribution in [2.24, 2.45) is 0 Å². The molecule has 0 amide bonds. The number of thioether (sulfide) groups is 1. The number of aryl methyl sites for hydroxylation is 1. The van der Waals surface area contributed by atoms with E-state index in [0.29, 0.717) is 22.7 Å². The van der Waals surface area contributed by atoms with Crippen molar-refractivity contribution in [2.45, 2.75) is 42.6 Å². The van der Waals surface area contributed by atoms with E-state index in [9.17, 15) is 31.4 Å². The van der Waals surface area contributed by atoms with Gasteiger partial charge in [0.25, 0.3) is 0 Å². The van der Waals surface area contributed by atoms with Gasteiger partial charge in [0.15, 0.2) is 0 Å². The number of rotatable bonds is 10. The average molecular weight is 592 g/mol. The predicted octanol–water partition coefficient (Wildman–Crippen LogP) is 9.41. The van der Waals surface area contributed by atoms with Crippen LogP contribution in [0.1, 0.15) is 35.3 Å². The van der Waals surface area contributed by atoms with E-state index in [4.69, 9.17) is 4.74 Å². The van der Waals surface area contributed by atoms with E-state index >= 15 is 0 Å². The number of anilines is 1. The quantitative estimate of drug-likeness (QED) is 0.147. The van der Waals surface area contributed by atoms with Gasteiger partial charge in [-0.3, -0.25) is 0 Å². The minimum atomic E-state index is -4.67. The zero-order valence-electron chi connectivity index (χ0n) is 21.9. The number of nitrogens with zero attached hydrogens (tertiary/aromatic N) is 1. The molecule has 4 rings (SSSR count). The number of aliphatic hydroxyl groups excluding tert-OH is 1. The molecular weight excluding hydrogens is 564 g/mol. The fourth-order valence-corrected chi connectivity index (χ4v) is 5.01. The second kappa shape index (κ2) is 12.9. The van der Waals surface area contributed by atoms with Crippen LogP contribution in [0.3, 0.4) is 0 Å². The maximum absolute atomic E-state index is 13.7. The molecule has 4 aromatic carbocycles. The zero-order chi connectivity index (χ0) is 29.6. The highest BCUT2D eigenvalue weighted by Crippen LogP contribution is 2.38. The summed E-state index contributed by atoms with van der Waals surface area (Å²) in [5.41, 5.74) is -3.66. The van der Waals surface area contributed by atoms with Crippen molar-refractivity contribution in [3.05, 3.63) is 119 Å². The summed E-state index contributed by atoms with van der Waals surface area (Å²) in [7, 11) is 0. The molecule has 1 N–H and O–H groups in total. The van der Waals surface area contributed by atoms with Crippen molar-refractivity contribution in [3.63, 3.8) is 0 Å². The summed E-state index contributed by atoms with van der Waals surface area (Å²) in [6.45, 7) is 1.77. The first-order valence-electron chi connectivity index (χ1n) is 12.7. The Hall–Kier alpha value is -3.63. The number of aliphatic hydroxyl groups is 1. The molecule has 0 spiro atoms. The summed E-state index contributed by atoms with van der Waals surface area (Å²) in [6.07, 6.45) is -5.41. The molecule has 4 aromatic rings. The number of hydrogen-bond donors (Lipinski definition) is 1. The molecule has 1 atom stereocenters. The van der Waals surface area contributed by atoms with Crippen LogP contribution < -0.4 is 9.64 Å². The van der Waals surface area contributed by atoms with Crippen molar-refractivity contribution in [3.8, 4) is 11.5 Å². The number of hydrogen-bond acceptors (Lipinski definition) is 4. The molecule has 3 nitrogen and oxygen atoms in total. The molecule has 0 bridgehead atoms. The summed E-state index contributed by atoms with van der Waals surface area (Å²) < 4.78 is 86.0. The highest BCUT2D eigenvalue weighted by Gasteiger charge is 2.35. The zero-order valence-corrected chi connectivity index (χ0v) is 22.7. The van der Waals surface area contributed by atoms with Gasteiger partial charge < -0.3 is 14.7 Å². The van der Waals surface area contributed by atoms with Crippen LogP contribution in [0.15, 0.2) is 102 Å². The number of halogens is 6. The first-order valence-corrected chi connectivity index (χ1v) is 13.5. The van der Waals surface area contributed by atoms with Crippen LogP contribution in [0, 0.1) is 0 Å². The molecule has 0 heterocycles. The van der Waals surface area contributed by atoms with E-state index in [1.807, 2.05) is 25.1 Å². The lowest BCUT2D eigenvalue weighted by Crippen LogP contribution is -2.29. The molecule has 0 fully saturated rings. The Bertz CT molecular complexity index is 1460.